The van der Waals surface area contributed by atoms with E-state index < -0.39 is 58.0 Å². The van der Waals surface area contributed by atoms with Gasteiger partial charge in [-0.25, -0.2) is 18.0 Å². The molecule has 0 saturated carbocycles. The third kappa shape index (κ3) is 4.73. The van der Waals surface area contributed by atoms with Crippen molar-refractivity contribution in [3.8, 4) is 11.6 Å². The Morgan fingerprint density at radius 2 is 1.56 bits per heavy atom. The third-order valence-electron chi connectivity index (χ3n) is 4.69. The predicted molar refractivity (Wildman–Crippen MR) is 114 cm³/mol. The van der Waals surface area contributed by atoms with Crippen LogP contribution in [0.2, 0.25) is 0 Å². The van der Waals surface area contributed by atoms with Gasteiger partial charge in [-0.15, -0.1) is 5.11 Å². The van der Waals surface area contributed by atoms with Gasteiger partial charge in [0.15, 0.2) is 5.69 Å². The van der Waals surface area contributed by atoms with Crippen LogP contribution in [0.3, 0.4) is 0 Å². The number of aromatic hydroxyl groups is 1. The molecule has 186 valence electrons. The van der Waals surface area contributed by atoms with E-state index in [0.29, 0.717) is 0 Å². The number of aromatic nitrogens is 1. The number of rotatable bonds is 6. The molecule has 15 heteroatoms. The Bertz CT molecular complexity index is 1530. The number of carbonyl (C=O) groups is 1. The second-order valence-electron chi connectivity index (χ2n) is 6.95. The molecule has 1 atom stereocenters. The van der Waals surface area contributed by atoms with Gasteiger partial charge < -0.3 is 24.1 Å². The van der Waals surface area contributed by atoms with E-state index in [1.807, 2.05) is 0 Å². The van der Waals surface area contributed by atoms with Crippen LogP contribution in [0.5, 0.6) is 11.6 Å². The van der Waals surface area contributed by atoms with Gasteiger partial charge in [0.25, 0.3) is 0 Å². The number of aromatic amines is 1. The zero-order valence-corrected chi connectivity index (χ0v) is 18.1. The maximum Gasteiger partial charge on any atom is 0.343 e. The van der Waals surface area contributed by atoms with Gasteiger partial charge in [0.1, 0.15) is 0 Å². The number of benzene rings is 3. The summed E-state index contributed by atoms with van der Waals surface area (Å²) in [6.45, 7) is 0. The summed E-state index contributed by atoms with van der Waals surface area (Å²) in [5.74, 6) is -15.3. The Morgan fingerprint density at radius 1 is 0.944 bits per heavy atom. The molecule has 9 nitrogen and oxygen atoms in total. The molecule has 1 unspecified atom stereocenters. The number of hydrogen-bond donors (Lipinski definition) is 3. The van der Waals surface area contributed by atoms with Crippen molar-refractivity contribution in [1.29, 1.82) is 0 Å². The van der Waals surface area contributed by atoms with Gasteiger partial charge in [0, 0.05) is 22.3 Å². The lowest BCUT2D eigenvalue weighted by Gasteiger charge is -2.09. The normalized spacial score (nSPS) is 12.3. The van der Waals surface area contributed by atoms with Crippen LogP contribution in [0.25, 0.3) is 10.9 Å². The Labute approximate surface area is 199 Å². The monoisotopic (exact) mass is 525 g/mol. The molecule has 1 aromatic heterocycles. The van der Waals surface area contributed by atoms with E-state index in [0.717, 1.165) is 12.1 Å². The number of esters is 1. The summed E-state index contributed by atoms with van der Waals surface area (Å²) >= 11 is -2.52. The van der Waals surface area contributed by atoms with Crippen molar-refractivity contribution < 1.29 is 45.4 Å². The molecule has 0 fully saturated rings. The second-order valence-corrected chi connectivity index (χ2v) is 7.63. The van der Waals surface area contributed by atoms with Crippen molar-refractivity contribution >= 4 is 45.2 Å². The smallest absolute Gasteiger partial charge is 0.343 e. The van der Waals surface area contributed by atoms with Crippen molar-refractivity contribution in [2.75, 3.05) is 4.72 Å². The Hall–Kier alpha value is -4.37. The predicted octanol–water partition coefficient (Wildman–Crippen LogP) is 5.41. The molecule has 0 saturated heterocycles. The minimum absolute atomic E-state index is 0.100. The molecular weight excluding hydrogens is 515 g/mol. The molecule has 0 aliphatic rings. The first-order chi connectivity index (χ1) is 17.1. The summed E-state index contributed by atoms with van der Waals surface area (Å²) in [5.41, 5.74) is 0.246. The van der Waals surface area contributed by atoms with Gasteiger partial charge in [0.2, 0.25) is 40.7 Å². The minimum atomic E-state index is -2.52. The number of halogens is 5. The average Bonchev–Trinajstić information content (AvgIpc) is 3.17. The molecule has 4 aromatic rings. The van der Waals surface area contributed by atoms with Crippen LogP contribution in [0.15, 0.2) is 52.7 Å². The van der Waals surface area contributed by atoms with E-state index in [9.17, 15) is 40.6 Å². The van der Waals surface area contributed by atoms with E-state index in [1.54, 1.807) is 0 Å². The highest BCUT2D eigenvalue weighted by molar-refractivity contribution is 7.80. The van der Waals surface area contributed by atoms with Crippen LogP contribution in [0.4, 0.5) is 39.0 Å². The van der Waals surface area contributed by atoms with E-state index >= 15 is 0 Å². The van der Waals surface area contributed by atoms with Crippen LogP contribution < -0.4 is 9.46 Å². The zero-order valence-electron chi connectivity index (χ0n) is 17.3. The van der Waals surface area contributed by atoms with E-state index in [4.69, 9.17) is 0 Å². The fourth-order valence-corrected chi connectivity index (χ4v) is 3.35. The van der Waals surface area contributed by atoms with E-state index in [-0.39, 0.29) is 33.5 Å². The summed E-state index contributed by atoms with van der Waals surface area (Å²) in [4.78, 5) is 15.0. The zero-order chi connectivity index (χ0) is 26.1. The summed E-state index contributed by atoms with van der Waals surface area (Å²) in [5, 5.41) is 18.0. The van der Waals surface area contributed by atoms with Crippen LogP contribution >= 0.6 is 0 Å². The molecular formula is C21H10F5N4O5S-. The highest BCUT2D eigenvalue weighted by Crippen LogP contribution is 2.37. The first-order valence-corrected chi connectivity index (χ1v) is 10.6. The van der Waals surface area contributed by atoms with Crippen molar-refractivity contribution in [1.82, 2.24) is 4.98 Å². The number of nitrogens with zero attached hydrogens (tertiary/aromatic N) is 2. The quantitative estimate of drug-likeness (QED) is 0.0588. The van der Waals surface area contributed by atoms with E-state index in [1.165, 1.54) is 30.3 Å². The van der Waals surface area contributed by atoms with Gasteiger partial charge in [-0.2, -0.15) is 13.9 Å². The van der Waals surface area contributed by atoms with Crippen molar-refractivity contribution in [2.45, 2.75) is 0 Å². The van der Waals surface area contributed by atoms with Crippen LogP contribution in [-0.4, -0.2) is 24.8 Å². The maximum absolute atomic E-state index is 13.8. The molecule has 1 heterocycles. The molecule has 0 radical (unpaired) electrons. The topological polar surface area (TPSA) is 139 Å². The first kappa shape index (κ1) is 24.7. The summed E-state index contributed by atoms with van der Waals surface area (Å²) in [6.07, 6.45) is 0. The van der Waals surface area contributed by atoms with Gasteiger partial charge in [-0.05, 0) is 42.5 Å². The molecule has 0 spiro atoms. The number of H-pyrrole nitrogens is 1. The first-order valence-electron chi connectivity index (χ1n) is 9.52. The molecule has 36 heavy (non-hydrogen) atoms. The lowest BCUT2D eigenvalue weighted by Crippen LogP contribution is -2.13. The van der Waals surface area contributed by atoms with Crippen molar-refractivity contribution in [3.05, 3.63) is 77.1 Å². The fraction of sp³-hybridized carbons (Fsp3) is 0. The molecule has 0 aliphatic heterocycles. The summed E-state index contributed by atoms with van der Waals surface area (Å²) in [6, 6.07) is 9.09. The van der Waals surface area contributed by atoms with Crippen LogP contribution in [0.1, 0.15) is 10.4 Å². The standard InChI is InChI=1S/C21H11F5N4O5S/c22-13-14(23)16(25)19(17(26)15(13)24)35-21(32)8-1-6-12-11(7-8)18(20(31)27-12)29-28-9-2-4-10(5-3-9)30-36(33)34/h1-7,27,30-31H,(H,33,34)/p-1. The summed E-state index contributed by atoms with van der Waals surface area (Å²) in [7, 11) is 0. The lowest BCUT2D eigenvalue weighted by molar-refractivity contribution is 0.0716. The Balaban J connectivity index is 1.64. The largest absolute Gasteiger partial charge is 0.755 e. The number of ether oxygens (including phenoxy) is 1. The SMILES string of the molecule is O=C(Oc1c(F)c(F)c(F)c(F)c1F)c1ccc2[nH]c(O)c(N=Nc3ccc(NS(=O)[O-])cc3)c2c1. The molecule has 0 bridgehead atoms. The van der Waals surface area contributed by atoms with Gasteiger partial charge in [-0.3, -0.25) is 4.21 Å². The molecule has 3 N–H and O–H groups in total. The highest BCUT2D eigenvalue weighted by atomic mass is 32.2. The van der Waals surface area contributed by atoms with Crippen molar-refractivity contribution in [2.24, 2.45) is 10.2 Å². The highest BCUT2D eigenvalue weighted by Gasteiger charge is 2.29. The number of carbonyl (C=O) groups excluding carboxylic acids is 1. The minimum Gasteiger partial charge on any atom is -0.755 e. The lowest BCUT2D eigenvalue weighted by atomic mass is 10.1. The van der Waals surface area contributed by atoms with Crippen molar-refractivity contribution in [3.63, 3.8) is 0 Å². The van der Waals surface area contributed by atoms with Crippen LogP contribution in [-0.2, 0) is 11.3 Å². The number of hydrogen-bond acceptors (Lipinski definition) is 7. The summed E-state index contributed by atoms with van der Waals surface area (Å²) < 4.78 is 95.5. The van der Waals surface area contributed by atoms with Gasteiger partial charge in [0.05, 0.1) is 16.8 Å². The van der Waals surface area contributed by atoms with E-state index in [2.05, 4.69) is 24.7 Å². The Morgan fingerprint density at radius 3 is 2.17 bits per heavy atom. The number of anilines is 1. The maximum atomic E-state index is 13.8. The average molecular weight is 525 g/mol. The molecule has 3 aromatic carbocycles. The van der Waals surface area contributed by atoms with Crippen LogP contribution in [0, 0.1) is 29.1 Å². The number of azo groups is 1. The number of nitrogens with one attached hydrogen (secondary N) is 2. The Kier molecular flexibility index (Phi) is 6.67. The molecule has 0 aliphatic carbocycles. The number of fused-ring (bicyclic) bond motifs is 1. The molecule has 0 amide bonds. The molecule has 4 rings (SSSR count). The fourth-order valence-electron chi connectivity index (χ4n) is 3.02. The van der Waals surface area contributed by atoms with Gasteiger partial charge in [-0.1, -0.05) is 0 Å². The third-order valence-corrected chi connectivity index (χ3v) is 5.09. The van der Waals surface area contributed by atoms with Gasteiger partial charge >= 0.3 is 5.97 Å². The second kappa shape index (κ2) is 9.71.